The van der Waals surface area contributed by atoms with Crippen LogP contribution in [0.15, 0.2) is 18.2 Å². The highest BCUT2D eigenvalue weighted by molar-refractivity contribution is 7.90. The van der Waals surface area contributed by atoms with Crippen molar-refractivity contribution in [2.24, 2.45) is 0 Å². The van der Waals surface area contributed by atoms with E-state index in [1.807, 2.05) is 18.2 Å². The first kappa shape index (κ1) is 10.5. The van der Waals surface area contributed by atoms with E-state index in [9.17, 15) is 8.42 Å². The van der Waals surface area contributed by atoms with Gasteiger partial charge in [0, 0.05) is 18.0 Å². The summed E-state index contributed by atoms with van der Waals surface area (Å²) >= 11 is 0. The Kier molecular flexibility index (Phi) is 2.69. The number of nitrogens with one attached hydrogen (secondary N) is 1. The standard InChI is InChI=1S/C11H15NO2S/c1-2-15(13,14)8-9-3-4-11-10(7-9)5-6-12-11/h3-4,7,12H,2,5-6,8H2,1H3. The molecule has 1 aliphatic rings. The lowest BCUT2D eigenvalue weighted by atomic mass is 10.1. The maximum atomic E-state index is 11.5. The van der Waals surface area contributed by atoms with Crippen LogP contribution >= 0.6 is 0 Å². The summed E-state index contributed by atoms with van der Waals surface area (Å²) in [4.78, 5) is 0. The Hall–Kier alpha value is -1.03. The van der Waals surface area contributed by atoms with Crippen LogP contribution in [0.2, 0.25) is 0 Å². The van der Waals surface area contributed by atoms with Gasteiger partial charge in [0.15, 0.2) is 9.84 Å². The highest BCUT2D eigenvalue weighted by Gasteiger charge is 2.13. The van der Waals surface area contributed by atoms with Gasteiger partial charge in [0.05, 0.1) is 5.75 Å². The number of hydrogen-bond acceptors (Lipinski definition) is 3. The van der Waals surface area contributed by atoms with Crippen LogP contribution in [0.4, 0.5) is 5.69 Å². The van der Waals surface area contributed by atoms with Crippen LogP contribution < -0.4 is 5.32 Å². The molecule has 0 aromatic heterocycles. The summed E-state index contributed by atoms with van der Waals surface area (Å²) in [5.74, 6) is 0.374. The number of fused-ring (bicyclic) bond motifs is 1. The van der Waals surface area contributed by atoms with Gasteiger partial charge < -0.3 is 5.32 Å². The van der Waals surface area contributed by atoms with Crippen LogP contribution in [0.1, 0.15) is 18.1 Å². The van der Waals surface area contributed by atoms with Gasteiger partial charge in [0.25, 0.3) is 0 Å². The Morgan fingerprint density at radius 3 is 2.93 bits per heavy atom. The van der Waals surface area contributed by atoms with Crippen molar-refractivity contribution in [1.29, 1.82) is 0 Å². The summed E-state index contributed by atoms with van der Waals surface area (Å²) in [6, 6.07) is 5.87. The van der Waals surface area contributed by atoms with Gasteiger partial charge in [-0.1, -0.05) is 19.1 Å². The molecule has 1 aromatic carbocycles. The predicted octanol–water partition coefficient (Wildman–Crippen LogP) is 1.59. The molecule has 3 nitrogen and oxygen atoms in total. The molecule has 0 saturated carbocycles. The second kappa shape index (κ2) is 3.85. The first-order valence-electron chi connectivity index (χ1n) is 5.17. The number of anilines is 1. The quantitative estimate of drug-likeness (QED) is 0.849. The van der Waals surface area contributed by atoms with Gasteiger partial charge in [-0.2, -0.15) is 0 Å². The second-order valence-electron chi connectivity index (χ2n) is 3.84. The van der Waals surface area contributed by atoms with Gasteiger partial charge in [-0.25, -0.2) is 8.42 Å². The van der Waals surface area contributed by atoms with Crippen molar-refractivity contribution in [3.05, 3.63) is 29.3 Å². The minimum absolute atomic E-state index is 0.163. The van der Waals surface area contributed by atoms with Crippen LogP contribution in [-0.4, -0.2) is 20.7 Å². The van der Waals surface area contributed by atoms with E-state index < -0.39 is 9.84 Å². The van der Waals surface area contributed by atoms with Crippen LogP contribution in [-0.2, 0) is 22.0 Å². The zero-order valence-electron chi connectivity index (χ0n) is 8.79. The number of hydrogen-bond donors (Lipinski definition) is 1. The van der Waals surface area contributed by atoms with Gasteiger partial charge in [-0.3, -0.25) is 0 Å². The Labute approximate surface area is 90.4 Å². The largest absolute Gasteiger partial charge is 0.384 e. The molecule has 0 fully saturated rings. The summed E-state index contributed by atoms with van der Waals surface area (Å²) < 4.78 is 22.9. The zero-order chi connectivity index (χ0) is 10.9. The molecule has 0 radical (unpaired) electrons. The molecule has 1 aliphatic heterocycles. The lowest BCUT2D eigenvalue weighted by molar-refractivity contribution is 0.596. The van der Waals surface area contributed by atoms with Crippen molar-refractivity contribution >= 4 is 15.5 Å². The van der Waals surface area contributed by atoms with Crippen molar-refractivity contribution in [3.8, 4) is 0 Å². The molecule has 1 aromatic rings. The van der Waals surface area contributed by atoms with Gasteiger partial charge in [-0.05, 0) is 23.6 Å². The van der Waals surface area contributed by atoms with Crippen LogP contribution in [0.3, 0.4) is 0 Å². The predicted molar refractivity (Wildman–Crippen MR) is 61.8 cm³/mol. The molecule has 0 unspecified atom stereocenters. The normalized spacial score (nSPS) is 14.7. The lowest BCUT2D eigenvalue weighted by Crippen LogP contribution is -2.06. The SMILES string of the molecule is CCS(=O)(=O)Cc1ccc2c(c1)CCN2. The van der Waals surface area contributed by atoms with E-state index in [0.717, 1.165) is 24.2 Å². The van der Waals surface area contributed by atoms with Gasteiger partial charge >= 0.3 is 0 Å². The lowest BCUT2D eigenvalue weighted by Gasteiger charge is -2.04. The van der Waals surface area contributed by atoms with E-state index in [4.69, 9.17) is 0 Å². The van der Waals surface area contributed by atoms with Gasteiger partial charge in [-0.15, -0.1) is 0 Å². The molecule has 1 N–H and O–H groups in total. The number of rotatable bonds is 3. The van der Waals surface area contributed by atoms with E-state index in [0.29, 0.717) is 0 Å². The Balaban J connectivity index is 2.24. The first-order chi connectivity index (χ1) is 7.11. The topological polar surface area (TPSA) is 46.2 Å². The Morgan fingerprint density at radius 2 is 2.20 bits per heavy atom. The third kappa shape index (κ3) is 2.31. The molecule has 0 aliphatic carbocycles. The van der Waals surface area contributed by atoms with Gasteiger partial charge in [0.1, 0.15) is 0 Å². The summed E-state index contributed by atoms with van der Waals surface area (Å²) in [6.07, 6.45) is 0.995. The van der Waals surface area contributed by atoms with Crippen molar-refractivity contribution in [2.45, 2.75) is 19.1 Å². The Bertz CT molecular complexity index is 465. The van der Waals surface area contributed by atoms with Crippen molar-refractivity contribution in [3.63, 3.8) is 0 Å². The monoisotopic (exact) mass is 225 g/mol. The molecule has 0 spiro atoms. The molecule has 0 amide bonds. The molecule has 0 atom stereocenters. The van der Waals surface area contributed by atoms with Crippen molar-refractivity contribution in [1.82, 2.24) is 0 Å². The molecular formula is C11H15NO2S. The molecule has 82 valence electrons. The van der Waals surface area contributed by atoms with E-state index in [-0.39, 0.29) is 11.5 Å². The summed E-state index contributed by atoms with van der Waals surface area (Å²) in [6.45, 7) is 2.64. The summed E-state index contributed by atoms with van der Waals surface area (Å²) in [7, 11) is -2.91. The van der Waals surface area contributed by atoms with Crippen LogP contribution in [0, 0.1) is 0 Å². The second-order valence-corrected chi connectivity index (χ2v) is 6.20. The fourth-order valence-electron chi connectivity index (χ4n) is 1.80. The molecule has 0 saturated heterocycles. The highest BCUT2D eigenvalue weighted by Crippen LogP contribution is 2.23. The molecule has 1 heterocycles. The van der Waals surface area contributed by atoms with E-state index in [2.05, 4.69) is 5.32 Å². The first-order valence-corrected chi connectivity index (χ1v) is 6.99. The highest BCUT2D eigenvalue weighted by atomic mass is 32.2. The third-order valence-electron chi connectivity index (χ3n) is 2.71. The van der Waals surface area contributed by atoms with Gasteiger partial charge in [0.2, 0.25) is 0 Å². The van der Waals surface area contributed by atoms with E-state index >= 15 is 0 Å². The zero-order valence-corrected chi connectivity index (χ0v) is 9.60. The smallest absolute Gasteiger partial charge is 0.154 e. The van der Waals surface area contributed by atoms with E-state index in [1.54, 1.807) is 6.92 Å². The molecule has 15 heavy (non-hydrogen) atoms. The van der Waals surface area contributed by atoms with Crippen molar-refractivity contribution in [2.75, 3.05) is 17.6 Å². The van der Waals surface area contributed by atoms with Crippen LogP contribution in [0.25, 0.3) is 0 Å². The van der Waals surface area contributed by atoms with Crippen molar-refractivity contribution < 1.29 is 8.42 Å². The number of sulfone groups is 1. The molecule has 0 bridgehead atoms. The third-order valence-corrected chi connectivity index (χ3v) is 4.36. The molecule has 2 rings (SSSR count). The fraction of sp³-hybridized carbons (Fsp3) is 0.455. The van der Waals surface area contributed by atoms with E-state index in [1.165, 1.54) is 5.56 Å². The summed E-state index contributed by atoms with van der Waals surface area (Å²) in [5.41, 5.74) is 3.28. The minimum atomic E-state index is -2.91. The minimum Gasteiger partial charge on any atom is -0.384 e. The van der Waals surface area contributed by atoms with Crippen LogP contribution in [0.5, 0.6) is 0 Å². The maximum Gasteiger partial charge on any atom is 0.154 e. The fourth-order valence-corrected chi connectivity index (χ4v) is 2.70. The molecular weight excluding hydrogens is 210 g/mol. The average molecular weight is 225 g/mol. The molecule has 4 heteroatoms. The summed E-state index contributed by atoms with van der Waals surface area (Å²) in [5, 5.41) is 3.25. The Morgan fingerprint density at radius 1 is 1.40 bits per heavy atom. The average Bonchev–Trinajstić information content (AvgIpc) is 2.64. The maximum absolute atomic E-state index is 11.5. The number of benzene rings is 1.